The fourth-order valence-electron chi connectivity index (χ4n) is 2.03. The van der Waals surface area contributed by atoms with Gasteiger partial charge in [0.2, 0.25) is 0 Å². The average molecular weight is 470 g/mol. The lowest BCUT2D eigenvalue weighted by molar-refractivity contribution is 0.0844. The van der Waals surface area contributed by atoms with Gasteiger partial charge in [0.25, 0.3) is 11.8 Å². The average Bonchev–Trinajstić information content (AvgIpc) is 2.61. The number of carbonyl (C=O) groups is 2. The Hall–Kier alpha value is -1.86. The minimum Gasteiger partial charge on any atom is -0.493 e. The van der Waals surface area contributed by atoms with Crippen molar-refractivity contribution in [3.05, 3.63) is 62.5 Å². The lowest BCUT2D eigenvalue weighted by Crippen LogP contribution is -2.41. The van der Waals surface area contributed by atoms with Gasteiger partial charge in [-0.15, -0.1) is 0 Å². The highest BCUT2D eigenvalue weighted by Crippen LogP contribution is 2.23. The van der Waals surface area contributed by atoms with E-state index in [0.717, 1.165) is 17.3 Å². The number of benzene rings is 2. The van der Waals surface area contributed by atoms with Crippen molar-refractivity contribution in [1.82, 2.24) is 10.9 Å². The van der Waals surface area contributed by atoms with E-state index >= 15 is 0 Å². The molecule has 0 bridgehead atoms. The van der Waals surface area contributed by atoms with Crippen molar-refractivity contribution in [3.8, 4) is 5.75 Å². The zero-order chi connectivity index (χ0) is 18.2. The molecule has 5 nitrogen and oxygen atoms in total. The van der Waals surface area contributed by atoms with Gasteiger partial charge in [-0.25, -0.2) is 0 Å². The van der Waals surface area contributed by atoms with Gasteiger partial charge in [0.1, 0.15) is 5.75 Å². The normalized spacial score (nSPS) is 10.2. The molecule has 0 atom stereocenters. The number of carbonyl (C=O) groups excluding carboxylic acids is 2. The van der Waals surface area contributed by atoms with Crippen LogP contribution in [0.2, 0.25) is 0 Å². The van der Waals surface area contributed by atoms with E-state index in [9.17, 15) is 9.59 Å². The largest absolute Gasteiger partial charge is 0.493 e. The van der Waals surface area contributed by atoms with Gasteiger partial charge >= 0.3 is 0 Å². The van der Waals surface area contributed by atoms with Crippen molar-refractivity contribution in [2.45, 2.75) is 19.8 Å². The van der Waals surface area contributed by atoms with Crippen molar-refractivity contribution in [3.63, 3.8) is 0 Å². The number of halogens is 2. The molecule has 2 amide bonds. The van der Waals surface area contributed by atoms with Gasteiger partial charge in [-0.05, 0) is 52.7 Å². The fraction of sp³-hybridized carbons (Fsp3) is 0.222. The van der Waals surface area contributed by atoms with Crippen LogP contribution in [0, 0.1) is 0 Å². The van der Waals surface area contributed by atoms with E-state index in [1.165, 1.54) is 0 Å². The highest BCUT2D eigenvalue weighted by atomic mass is 79.9. The molecule has 2 N–H and O–H groups in total. The molecule has 0 saturated heterocycles. The molecule has 0 radical (unpaired) electrons. The van der Waals surface area contributed by atoms with Crippen LogP contribution >= 0.6 is 31.9 Å². The summed E-state index contributed by atoms with van der Waals surface area (Å²) >= 11 is 6.65. The second-order valence-electron chi connectivity index (χ2n) is 5.23. The second kappa shape index (κ2) is 9.58. The number of nitrogens with one attached hydrogen (secondary N) is 2. The first kappa shape index (κ1) is 19.5. The van der Waals surface area contributed by atoms with Gasteiger partial charge in [0.15, 0.2) is 0 Å². The van der Waals surface area contributed by atoms with Crippen molar-refractivity contribution < 1.29 is 14.3 Å². The Morgan fingerprint density at radius 2 is 1.68 bits per heavy atom. The summed E-state index contributed by atoms with van der Waals surface area (Å²) in [4.78, 5) is 24.6. The number of hydrogen-bond acceptors (Lipinski definition) is 3. The van der Waals surface area contributed by atoms with Crippen LogP contribution in [0.3, 0.4) is 0 Å². The minimum atomic E-state index is -0.451. The Kier molecular flexibility index (Phi) is 7.46. The molecule has 0 aliphatic heterocycles. The summed E-state index contributed by atoms with van der Waals surface area (Å²) in [7, 11) is 0. The molecule has 25 heavy (non-hydrogen) atoms. The van der Waals surface area contributed by atoms with Crippen molar-refractivity contribution in [2.75, 3.05) is 6.61 Å². The van der Waals surface area contributed by atoms with E-state index < -0.39 is 11.8 Å². The van der Waals surface area contributed by atoms with Gasteiger partial charge in [-0.2, -0.15) is 0 Å². The first-order chi connectivity index (χ1) is 12.0. The SMILES string of the molecule is CCCCOc1ccc(Br)cc1C(=O)NNC(=O)c1ccccc1Br. The predicted molar refractivity (Wildman–Crippen MR) is 104 cm³/mol. The van der Waals surface area contributed by atoms with E-state index in [1.54, 1.807) is 42.5 Å². The molecule has 0 unspecified atom stereocenters. The molecule has 132 valence electrons. The second-order valence-corrected chi connectivity index (χ2v) is 7.00. The number of hydrogen-bond donors (Lipinski definition) is 2. The molecule has 0 fully saturated rings. The van der Waals surface area contributed by atoms with E-state index in [4.69, 9.17) is 4.74 Å². The van der Waals surface area contributed by atoms with Crippen molar-refractivity contribution >= 4 is 43.7 Å². The highest BCUT2D eigenvalue weighted by Gasteiger charge is 2.15. The number of hydrazine groups is 1. The molecule has 7 heteroatoms. The molecule has 0 aliphatic carbocycles. The Morgan fingerprint density at radius 1 is 1.00 bits per heavy atom. The molecule has 0 saturated carbocycles. The predicted octanol–water partition coefficient (Wildman–Crippen LogP) is 4.47. The van der Waals surface area contributed by atoms with E-state index in [-0.39, 0.29) is 0 Å². The van der Waals surface area contributed by atoms with Crippen LogP contribution in [0.15, 0.2) is 51.4 Å². The van der Waals surface area contributed by atoms with Gasteiger partial charge in [-0.1, -0.05) is 41.4 Å². The summed E-state index contributed by atoms with van der Waals surface area (Å²) in [5.74, 6) is -0.387. The summed E-state index contributed by atoms with van der Waals surface area (Å²) in [6.07, 6.45) is 1.90. The first-order valence-electron chi connectivity index (χ1n) is 7.80. The molecule has 2 aromatic rings. The molecular weight excluding hydrogens is 452 g/mol. The van der Waals surface area contributed by atoms with Crippen LogP contribution in [0.25, 0.3) is 0 Å². The van der Waals surface area contributed by atoms with E-state index in [1.807, 2.05) is 0 Å². The molecule has 2 rings (SSSR count). The van der Waals surface area contributed by atoms with E-state index in [0.29, 0.717) is 28.0 Å². The zero-order valence-electron chi connectivity index (χ0n) is 13.6. The summed E-state index contributed by atoms with van der Waals surface area (Å²) in [6, 6.07) is 12.1. The monoisotopic (exact) mass is 468 g/mol. The Morgan fingerprint density at radius 3 is 2.36 bits per heavy atom. The number of amides is 2. The van der Waals surface area contributed by atoms with Crippen LogP contribution in [-0.2, 0) is 0 Å². The molecule has 0 heterocycles. The van der Waals surface area contributed by atoms with Crippen molar-refractivity contribution in [2.24, 2.45) is 0 Å². The standard InChI is InChI=1S/C18H18Br2N2O3/c1-2-3-10-25-16-9-8-12(19)11-14(16)18(24)22-21-17(23)13-6-4-5-7-15(13)20/h4-9,11H,2-3,10H2,1H3,(H,21,23)(H,22,24). The van der Waals surface area contributed by atoms with Gasteiger partial charge < -0.3 is 4.74 Å². The lowest BCUT2D eigenvalue weighted by atomic mass is 10.2. The molecule has 2 aromatic carbocycles. The molecule has 0 spiro atoms. The maximum atomic E-state index is 12.4. The van der Waals surface area contributed by atoms with Crippen LogP contribution in [0.4, 0.5) is 0 Å². The Bertz CT molecular complexity index is 766. The number of unbranched alkanes of at least 4 members (excludes halogenated alkanes) is 1. The lowest BCUT2D eigenvalue weighted by Gasteiger charge is -2.13. The summed E-state index contributed by atoms with van der Waals surface area (Å²) in [6.45, 7) is 2.59. The van der Waals surface area contributed by atoms with Gasteiger partial charge in [-0.3, -0.25) is 20.4 Å². The molecule has 0 aliphatic rings. The van der Waals surface area contributed by atoms with Gasteiger partial charge in [0, 0.05) is 8.95 Å². The smallest absolute Gasteiger partial charge is 0.273 e. The number of ether oxygens (including phenoxy) is 1. The van der Waals surface area contributed by atoms with E-state index in [2.05, 4.69) is 49.6 Å². The topological polar surface area (TPSA) is 67.4 Å². The van der Waals surface area contributed by atoms with Crippen LogP contribution in [0.1, 0.15) is 40.5 Å². The highest BCUT2D eigenvalue weighted by molar-refractivity contribution is 9.10. The summed E-state index contributed by atoms with van der Waals surface area (Å²) in [5, 5.41) is 0. The summed E-state index contributed by atoms with van der Waals surface area (Å²) < 4.78 is 7.06. The number of rotatable bonds is 6. The third-order valence-corrected chi connectivity index (χ3v) is 4.53. The zero-order valence-corrected chi connectivity index (χ0v) is 16.8. The summed E-state index contributed by atoms with van der Waals surface area (Å²) in [5.41, 5.74) is 5.61. The van der Waals surface area contributed by atoms with Crippen molar-refractivity contribution in [1.29, 1.82) is 0 Å². The van der Waals surface area contributed by atoms with Gasteiger partial charge in [0.05, 0.1) is 17.7 Å². The third kappa shape index (κ3) is 5.57. The fourth-order valence-corrected chi connectivity index (χ4v) is 2.85. The third-order valence-electron chi connectivity index (χ3n) is 3.35. The Balaban J connectivity index is 2.06. The quantitative estimate of drug-likeness (QED) is 0.484. The van der Waals surface area contributed by atoms with Crippen LogP contribution in [0.5, 0.6) is 5.75 Å². The maximum Gasteiger partial charge on any atom is 0.273 e. The molecular formula is C18H18Br2N2O3. The first-order valence-corrected chi connectivity index (χ1v) is 9.39. The Labute approximate surface area is 163 Å². The minimum absolute atomic E-state index is 0.345. The maximum absolute atomic E-state index is 12.4. The molecule has 0 aromatic heterocycles. The van der Waals surface area contributed by atoms with Crippen LogP contribution in [-0.4, -0.2) is 18.4 Å². The van der Waals surface area contributed by atoms with Crippen LogP contribution < -0.4 is 15.6 Å².